The van der Waals surface area contributed by atoms with E-state index in [4.69, 9.17) is 16.7 Å². The van der Waals surface area contributed by atoms with Crippen LogP contribution in [-0.4, -0.2) is 17.2 Å². The second-order valence-corrected chi connectivity index (χ2v) is 2.25. The molecule has 9 heavy (non-hydrogen) atoms. The van der Waals surface area contributed by atoms with Crippen molar-refractivity contribution in [2.24, 2.45) is 0 Å². The molecular formula is C5H6ClNO2. The average molecular weight is 148 g/mol. The largest absolute Gasteiger partial charge is 0.370 e. The van der Waals surface area contributed by atoms with Crippen LogP contribution in [0.5, 0.6) is 0 Å². The Morgan fingerprint density at radius 1 is 1.78 bits per heavy atom. The van der Waals surface area contributed by atoms with Gasteiger partial charge in [-0.05, 0) is 12.5 Å². The lowest BCUT2D eigenvalue weighted by Gasteiger charge is -2.00. The molecule has 0 aliphatic carbocycles. The second kappa shape index (κ2) is 2.01. The van der Waals surface area contributed by atoms with Crippen molar-refractivity contribution in [3.63, 3.8) is 0 Å². The minimum Gasteiger partial charge on any atom is -0.370 e. The van der Waals surface area contributed by atoms with Gasteiger partial charge in [-0.15, -0.1) is 0 Å². The molecule has 0 saturated carbocycles. The van der Waals surface area contributed by atoms with Crippen LogP contribution in [0.4, 0.5) is 0 Å². The minimum atomic E-state index is -0.884. The van der Waals surface area contributed by atoms with Gasteiger partial charge in [-0.3, -0.25) is 4.79 Å². The maximum absolute atomic E-state index is 10.5. The smallest absolute Gasteiger partial charge is 0.265 e. The number of amides is 1. The normalized spacial score (nSPS) is 27.0. The van der Waals surface area contributed by atoms with Crippen molar-refractivity contribution in [2.45, 2.75) is 13.2 Å². The van der Waals surface area contributed by atoms with Crippen molar-refractivity contribution in [3.8, 4) is 0 Å². The van der Waals surface area contributed by atoms with Gasteiger partial charge in [0.2, 0.25) is 0 Å². The highest BCUT2D eigenvalue weighted by atomic mass is 35.5. The van der Waals surface area contributed by atoms with E-state index in [0.29, 0.717) is 5.57 Å². The number of hydrogen-bond acceptors (Lipinski definition) is 2. The van der Waals surface area contributed by atoms with Crippen LogP contribution in [0.25, 0.3) is 0 Å². The highest BCUT2D eigenvalue weighted by Crippen LogP contribution is 2.17. The topological polar surface area (TPSA) is 49.3 Å². The molecule has 1 unspecified atom stereocenters. The van der Waals surface area contributed by atoms with Gasteiger partial charge in [-0.25, -0.2) is 0 Å². The summed E-state index contributed by atoms with van der Waals surface area (Å²) in [7, 11) is 0. The number of rotatable bonds is 0. The molecule has 1 atom stereocenters. The van der Waals surface area contributed by atoms with Crippen LogP contribution in [0, 0.1) is 0 Å². The van der Waals surface area contributed by atoms with Crippen LogP contribution in [0.1, 0.15) is 6.92 Å². The standard InChI is InChI=1S/C5H6ClNO2/c1-2-3(6)5(9)7-4(2)8/h4,8H,1H3,(H,7,9). The van der Waals surface area contributed by atoms with Crippen LogP contribution < -0.4 is 5.32 Å². The van der Waals surface area contributed by atoms with Crippen molar-refractivity contribution in [3.05, 3.63) is 10.6 Å². The first-order chi connectivity index (χ1) is 4.13. The van der Waals surface area contributed by atoms with Gasteiger partial charge in [0, 0.05) is 0 Å². The lowest BCUT2D eigenvalue weighted by Crippen LogP contribution is -2.27. The van der Waals surface area contributed by atoms with E-state index in [2.05, 4.69) is 5.32 Å². The molecular weight excluding hydrogens is 142 g/mol. The summed E-state index contributed by atoms with van der Waals surface area (Å²) in [5.41, 5.74) is 0.488. The van der Waals surface area contributed by atoms with Crippen molar-refractivity contribution in [1.82, 2.24) is 5.32 Å². The Morgan fingerprint density at radius 2 is 2.33 bits per heavy atom. The summed E-state index contributed by atoms with van der Waals surface area (Å²) in [5, 5.41) is 11.2. The molecule has 1 rings (SSSR count). The summed E-state index contributed by atoms with van der Waals surface area (Å²) < 4.78 is 0. The molecule has 0 aromatic rings. The number of nitrogens with one attached hydrogen (secondary N) is 1. The van der Waals surface area contributed by atoms with Crippen molar-refractivity contribution in [1.29, 1.82) is 0 Å². The molecule has 0 fully saturated rings. The number of aliphatic hydroxyl groups excluding tert-OH is 1. The van der Waals surface area contributed by atoms with E-state index in [0.717, 1.165) is 0 Å². The Kier molecular flexibility index (Phi) is 1.47. The molecule has 0 aromatic carbocycles. The highest BCUT2D eigenvalue weighted by Gasteiger charge is 2.24. The number of aliphatic hydroxyl groups is 1. The molecule has 0 radical (unpaired) electrons. The third-order valence-corrected chi connectivity index (χ3v) is 1.69. The lowest BCUT2D eigenvalue weighted by atomic mass is 10.3. The third-order valence-electron chi connectivity index (χ3n) is 1.22. The van der Waals surface area contributed by atoms with Gasteiger partial charge in [-0.2, -0.15) is 0 Å². The van der Waals surface area contributed by atoms with E-state index >= 15 is 0 Å². The number of carbonyl (C=O) groups is 1. The number of hydrogen-bond donors (Lipinski definition) is 2. The fourth-order valence-electron chi connectivity index (χ4n) is 0.595. The Hall–Kier alpha value is -0.540. The first-order valence-electron chi connectivity index (χ1n) is 2.48. The van der Waals surface area contributed by atoms with Gasteiger partial charge < -0.3 is 10.4 Å². The summed E-state index contributed by atoms with van der Waals surface area (Å²) in [6.45, 7) is 1.60. The van der Waals surface area contributed by atoms with E-state index in [-0.39, 0.29) is 5.03 Å². The monoisotopic (exact) mass is 147 g/mol. The van der Waals surface area contributed by atoms with E-state index in [1.807, 2.05) is 0 Å². The van der Waals surface area contributed by atoms with E-state index in [1.54, 1.807) is 6.92 Å². The molecule has 0 spiro atoms. The fourth-order valence-corrected chi connectivity index (χ4v) is 0.753. The van der Waals surface area contributed by atoms with Gasteiger partial charge in [0.05, 0.1) is 0 Å². The minimum absolute atomic E-state index is 0.0995. The van der Waals surface area contributed by atoms with Crippen LogP contribution in [0.15, 0.2) is 10.6 Å². The molecule has 1 aliphatic rings. The summed E-state index contributed by atoms with van der Waals surface area (Å²) in [6, 6.07) is 0. The summed E-state index contributed by atoms with van der Waals surface area (Å²) in [6.07, 6.45) is -0.884. The molecule has 1 amide bonds. The average Bonchev–Trinajstić information content (AvgIpc) is 1.98. The van der Waals surface area contributed by atoms with Crippen molar-refractivity contribution < 1.29 is 9.90 Å². The molecule has 0 saturated heterocycles. The first kappa shape index (κ1) is 6.58. The number of halogens is 1. The maximum Gasteiger partial charge on any atom is 0.265 e. The Morgan fingerprint density at radius 3 is 2.44 bits per heavy atom. The summed E-state index contributed by atoms with van der Waals surface area (Å²) in [4.78, 5) is 10.5. The summed E-state index contributed by atoms with van der Waals surface area (Å²) >= 11 is 5.42. The van der Waals surface area contributed by atoms with Gasteiger partial charge in [0.1, 0.15) is 5.03 Å². The van der Waals surface area contributed by atoms with Gasteiger partial charge in [0.25, 0.3) is 5.91 Å². The molecule has 3 nitrogen and oxygen atoms in total. The van der Waals surface area contributed by atoms with Gasteiger partial charge in [0.15, 0.2) is 6.23 Å². The van der Waals surface area contributed by atoms with Crippen LogP contribution in [-0.2, 0) is 4.79 Å². The van der Waals surface area contributed by atoms with Gasteiger partial charge in [-0.1, -0.05) is 11.6 Å². The SMILES string of the molecule is CC1=C(Cl)C(=O)NC1O. The fraction of sp³-hybridized carbons (Fsp3) is 0.400. The van der Waals surface area contributed by atoms with E-state index in [9.17, 15) is 4.79 Å². The second-order valence-electron chi connectivity index (χ2n) is 1.87. The molecule has 1 heterocycles. The zero-order valence-corrected chi connectivity index (χ0v) is 5.57. The van der Waals surface area contributed by atoms with Gasteiger partial charge >= 0.3 is 0 Å². The molecule has 0 bridgehead atoms. The van der Waals surface area contributed by atoms with Crippen LogP contribution >= 0.6 is 11.6 Å². The highest BCUT2D eigenvalue weighted by molar-refractivity contribution is 6.43. The van der Waals surface area contributed by atoms with Crippen LogP contribution in [0.3, 0.4) is 0 Å². The maximum atomic E-state index is 10.5. The van der Waals surface area contributed by atoms with E-state index in [1.165, 1.54) is 0 Å². The Bertz CT molecular complexity index is 187. The summed E-state index contributed by atoms with van der Waals surface area (Å²) in [5.74, 6) is -0.401. The lowest BCUT2D eigenvalue weighted by molar-refractivity contribution is -0.117. The molecule has 0 aromatic heterocycles. The predicted molar refractivity (Wildman–Crippen MR) is 32.7 cm³/mol. The quantitative estimate of drug-likeness (QED) is 0.505. The first-order valence-corrected chi connectivity index (χ1v) is 2.86. The van der Waals surface area contributed by atoms with Crippen molar-refractivity contribution in [2.75, 3.05) is 0 Å². The Labute approximate surface area is 57.3 Å². The molecule has 4 heteroatoms. The predicted octanol–water partition coefficient (Wildman–Crippen LogP) is -0.0526. The molecule has 2 N–H and O–H groups in total. The molecule has 50 valence electrons. The van der Waals surface area contributed by atoms with E-state index < -0.39 is 12.1 Å². The number of carbonyl (C=O) groups excluding carboxylic acids is 1. The zero-order valence-electron chi connectivity index (χ0n) is 4.81. The molecule has 1 aliphatic heterocycles. The zero-order chi connectivity index (χ0) is 7.02. The Balaban J connectivity index is 2.92. The third kappa shape index (κ3) is 0.930. The van der Waals surface area contributed by atoms with Crippen LogP contribution in [0.2, 0.25) is 0 Å². The van der Waals surface area contributed by atoms with Crippen molar-refractivity contribution >= 4 is 17.5 Å².